The lowest BCUT2D eigenvalue weighted by molar-refractivity contribution is -0.123. The Morgan fingerprint density at radius 2 is 1.71 bits per heavy atom. The summed E-state index contributed by atoms with van der Waals surface area (Å²) in [6.07, 6.45) is 0. The summed E-state index contributed by atoms with van der Waals surface area (Å²) in [5.74, 6) is 2.44. The van der Waals surface area contributed by atoms with Crippen molar-refractivity contribution in [2.75, 3.05) is 18.4 Å². The van der Waals surface area contributed by atoms with Crippen LogP contribution in [0.5, 0.6) is 0 Å². The molecule has 1 aromatic heterocycles. The number of carbonyl (C=O) groups excluding carboxylic acids is 1. The summed E-state index contributed by atoms with van der Waals surface area (Å²) < 4.78 is 0. The molecule has 0 aliphatic heterocycles. The Kier molecular flexibility index (Phi) is 6.59. The lowest BCUT2D eigenvalue weighted by atomic mass is 10.1. The Morgan fingerprint density at radius 3 is 2.24 bits per heavy atom. The topological polar surface area (TPSA) is 66.9 Å². The molecular formula is C16H28N4O. The number of amides is 1. The Bertz CT molecular complexity index is 443. The molecular weight excluding hydrogens is 264 g/mol. The highest BCUT2D eigenvalue weighted by atomic mass is 16.1. The maximum atomic E-state index is 11.5. The van der Waals surface area contributed by atoms with Crippen LogP contribution in [0, 0.1) is 5.92 Å². The molecule has 0 bridgehead atoms. The van der Waals surface area contributed by atoms with Crippen molar-refractivity contribution in [3.8, 4) is 0 Å². The van der Waals surface area contributed by atoms with E-state index in [9.17, 15) is 4.79 Å². The molecule has 0 fully saturated rings. The van der Waals surface area contributed by atoms with Gasteiger partial charge in [-0.25, -0.2) is 9.97 Å². The van der Waals surface area contributed by atoms with Crippen LogP contribution in [0.2, 0.25) is 0 Å². The molecule has 0 saturated carbocycles. The molecule has 2 N–H and O–H groups in total. The number of aromatic nitrogens is 2. The van der Waals surface area contributed by atoms with Crippen LogP contribution in [-0.2, 0) is 4.79 Å². The quantitative estimate of drug-likeness (QED) is 0.758. The zero-order valence-corrected chi connectivity index (χ0v) is 14.0. The van der Waals surface area contributed by atoms with Gasteiger partial charge in [0.25, 0.3) is 0 Å². The van der Waals surface area contributed by atoms with Gasteiger partial charge in [-0.3, -0.25) is 4.79 Å². The van der Waals surface area contributed by atoms with E-state index >= 15 is 0 Å². The number of carbonyl (C=O) groups is 1. The fraction of sp³-hybridized carbons (Fsp3) is 0.688. The maximum absolute atomic E-state index is 11.5. The van der Waals surface area contributed by atoms with Crippen molar-refractivity contribution in [1.82, 2.24) is 15.3 Å². The van der Waals surface area contributed by atoms with Gasteiger partial charge in [-0.05, 0) is 5.92 Å². The summed E-state index contributed by atoms with van der Waals surface area (Å²) in [7, 11) is 0. The first-order valence-corrected chi connectivity index (χ1v) is 7.71. The van der Waals surface area contributed by atoms with E-state index in [1.165, 1.54) is 0 Å². The Morgan fingerprint density at radius 1 is 1.05 bits per heavy atom. The second kappa shape index (κ2) is 7.96. The summed E-state index contributed by atoms with van der Waals surface area (Å²) in [6.45, 7) is 13.4. The molecule has 0 saturated heterocycles. The van der Waals surface area contributed by atoms with Crippen molar-refractivity contribution in [1.29, 1.82) is 0 Å². The third-order valence-electron chi connectivity index (χ3n) is 3.13. The van der Waals surface area contributed by atoms with Gasteiger partial charge in [-0.2, -0.15) is 0 Å². The van der Waals surface area contributed by atoms with E-state index in [1.807, 2.05) is 19.9 Å². The fourth-order valence-corrected chi connectivity index (χ4v) is 1.71. The fourth-order valence-electron chi connectivity index (χ4n) is 1.71. The van der Waals surface area contributed by atoms with Crippen LogP contribution in [0.3, 0.4) is 0 Å². The van der Waals surface area contributed by atoms with Crippen LogP contribution < -0.4 is 10.6 Å². The molecule has 0 aliphatic rings. The lowest BCUT2D eigenvalue weighted by Gasteiger charge is -2.14. The van der Waals surface area contributed by atoms with Gasteiger partial charge in [0.05, 0.1) is 0 Å². The molecule has 1 aromatic rings. The highest BCUT2D eigenvalue weighted by Crippen LogP contribution is 2.19. The van der Waals surface area contributed by atoms with Crippen LogP contribution in [0.1, 0.15) is 64.9 Å². The van der Waals surface area contributed by atoms with Gasteiger partial charge in [0.15, 0.2) is 0 Å². The van der Waals surface area contributed by atoms with Crippen molar-refractivity contribution in [2.24, 2.45) is 5.92 Å². The third-order valence-corrected chi connectivity index (χ3v) is 3.13. The average molecular weight is 292 g/mol. The zero-order valence-electron chi connectivity index (χ0n) is 14.0. The molecule has 0 unspecified atom stereocenters. The molecule has 0 aliphatic carbocycles. The van der Waals surface area contributed by atoms with Gasteiger partial charge in [-0.15, -0.1) is 0 Å². The summed E-state index contributed by atoms with van der Waals surface area (Å²) in [5, 5.41) is 6.15. The van der Waals surface area contributed by atoms with Crippen molar-refractivity contribution < 1.29 is 4.79 Å². The van der Waals surface area contributed by atoms with Crippen LogP contribution in [-0.4, -0.2) is 29.0 Å². The molecule has 0 aromatic carbocycles. The minimum Gasteiger partial charge on any atom is -0.368 e. The van der Waals surface area contributed by atoms with Crippen LogP contribution in [0.15, 0.2) is 6.07 Å². The van der Waals surface area contributed by atoms with Gasteiger partial charge >= 0.3 is 0 Å². The molecule has 0 atom stereocenters. The smallest absolute Gasteiger partial charge is 0.222 e. The first kappa shape index (κ1) is 17.4. The number of nitrogens with zero attached hydrogens (tertiary/aromatic N) is 2. The van der Waals surface area contributed by atoms with Gasteiger partial charge in [-0.1, -0.05) is 41.5 Å². The standard InChI is InChI=1S/C16H28N4O/c1-10(2)13-9-14(20-15(19-13)11(3)4)17-7-8-18-16(21)12(5)6/h9-12H,7-8H2,1-6H3,(H,18,21)(H,17,19,20). The summed E-state index contributed by atoms with van der Waals surface area (Å²) in [5.41, 5.74) is 1.04. The highest BCUT2D eigenvalue weighted by molar-refractivity contribution is 5.77. The van der Waals surface area contributed by atoms with Crippen molar-refractivity contribution in [2.45, 2.75) is 53.4 Å². The number of hydrogen-bond donors (Lipinski definition) is 2. The average Bonchev–Trinajstić information content (AvgIpc) is 2.42. The SMILES string of the molecule is CC(C)C(=O)NCCNc1cc(C(C)C)nc(C(C)C)n1. The minimum atomic E-state index is 0.0177. The molecule has 21 heavy (non-hydrogen) atoms. The largest absolute Gasteiger partial charge is 0.368 e. The number of hydrogen-bond acceptors (Lipinski definition) is 4. The second-order valence-corrected chi connectivity index (χ2v) is 6.22. The summed E-state index contributed by atoms with van der Waals surface area (Å²) in [4.78, 5) is 20.6. The summed E-state index contributed by atoms with van der Waals surface area (Å²) >= 11 is 0. The van der Waals surface area contributed by atoms with Gasteiger partial charge in [0, 0.05) is 36.7 Å². The molecule has 118 valence electrons. The predicted molar refractivity (Wildman–Crippen MR) is 86.5 cm³/mol. The van der Waals surface area contributed by atoms with E-state index < -0.39 is 0 Å². The molecule has 1 amide bonds. The van der Waals surface area contributed by atoms with E-state index in [-0.39, 0.29) is 11.8 Å². The Balaban J connectivity index is 2.64. The van der Waals surface area contributed by atoms with Crippen LogP contribution in [0.4, 0.5) is 5.82 Å². The Labute approximate surface area is 128 Å². The Hall–Kier alpha value is -1.65. The van der Waals surface area contributed by atoms with Crippen LogP contribution in [0.25, 0.3) is 0 Å². The van der Waals surface area contributed by atoms with E-state index in [4.69, 9.17) is 0 Å². The van der Waals surface area contributed by atoms with Gasteiger partial charge < -0.3 is 10.6 Å². The highest BCUT2D eigenvalue weighted by Gasteiger charge is 2.10. The number of nitrogens with one attached hydrogen (secondary N) is 2. The molecule has 5 nitrogen and oxygen atoms in total. The maximum Gasteiger partial charge on any atom is 0.222 e. The van der Waals surface area contributed by atoms with E-state index in [2.05, 4.69) is 48.3 Å². The molecule has 1 rings (SSSR count). The molecule has 0 spiro atoms. The first-order valence-electron chi connectivity index (χ1n) is 7.71. The molecule has 1 heterocycles. The van der Waals surface area contributed by atoms with E-state index in [1.54, 1.807) is 0 Å². The van der Waals surface area contributed by atoms with Crippen molar-refractivity contribution in [3.63, 3.8) is 0 Å². The van der Waals surface area contributed by atoms with Crippen molar-refractivity contribution in [3.05, 3.63) is 17.6 Å². The number of anilines is 1. The normalized spacial score (nSPS) is 11.3. The zero-order chi connectivity index (χ0) is 16.0. The summed E-state index contributed by atoms with van der Waals surface area (Å²) in [6, 6.07) is 1.99. The third kappa shape index (κ3) is 5.69. The monoisotopic (exact) mass is 292 g/mol. The first-order chi connectivity index (χ1) is 9.81. The van der Waals surface area contributed by atoms with E-state index in [0.717, 1.165) is 17.3 Å². The minimum absolute atomic E-state index is 0.0177. The van der Waals surface area contributed by atoms with Gasteiger partial charge in [0.1, 0.15) is 11.6 Å². The van der Waals surface area contributed by atoms with Gasteiger partial charge in [0.2, 0.25) is 5.91 Å². The van der Waals surface area contributed by atoms with Crippen LogP contribution >= 0.6 is 0 Å². The number of rotatable bonds is 7. The predicted octanol–water partition coefficient (Wildman–Crippen LogP) is 2.91. The second-order valence-electron chi connectivity index (χ2n) is 6.22. The van der Waals surface area contributed by atoms with Crippen molar-refractivity contribution >= 4 is 11.7 Å². The lowest BCUT2D eigenvalue weighted by Crippen LogP contribution is -2.32. The molecule has 5 heteroatoms. The van der Waals surface area contributed by atoms with E-state index in [0.29, 0.717) is 24.9 Å². The molecule has 0 radical (unpaired) electrons.